The van der Waals surface area contributed by atoms with E-state index in [-0.39, 0.29) is 18.8 Å². The van der Waals surface area contributed by atoms with Crippen molar-refractivity contribution in [2.45, 2.75) is 377 Å². The van der Waals surface area contributed by atoms with Crippen LogP contribution in [0.15, 0.2) is 0 Å². The molecule has 0 aromatic carbocycles. The maximum absolute atomic E-state index is 9.84. The normalized spacial score (nSPS) is 17.5. The van der Waals surface area contributed by atoms with Gasteiger partial charge in [0, 0.05) is 59.5 Å². The maximum atomic E-state index is 9.84. The van der Waals surface area contributed by atoms with Gasteiger partial charge in [-0.15, -0.1) is 0 Å². The van der Waals surface area contributed by atoms with Gasteiger partial charge in [0.2, 0.25) is 0 Å². The Balaban J connectivity index is 1.89. The highest BCUT2D eigenvalue weighted by atomic mass is 16.6. The first-order valence-electron chi connectivity index (χ1n) is 40.0. The van der Waals surface area contributed by atoms with Crippen LogP contribution in [0.25, 0.3) is 0 Å². The number of hydrogen-bond acceptors (Lipinski definition) is 8. The zero-order valence-corrected chi connectivity index (χ0v) is 62.2. The Morgan fingerprint density at radius 3 is 0.843 bits per heavy atom. The zero-order valence-electron chi connectivity index (χ0n) is 62.2. The molecule has 0 radical (unpaired) electrons. The molecule has 0 spiro atoms. The van der Waals surface area contributed by atoms with E-state index in [1.165, 1.54) is 250 Å². The highest BCUT2D eigenvalue weighted by molar-refractivity contribution is 4.75. The van der Waals surface area contributed by atoms with Gasteiger partial charge in [-0.3, -0.25) is 0 Å². The van der Waals surface area contributed by atoms with Crippen molar-refractivity contribution >= 4 is 0 Å². The van der Waals surface area contributed by atoms with E-state index in [2.05, 4.69) is 76.2 Å². The number of ether oxygens (including phenoxy) is 7. The van der Waals surface area contributed by atoms with Gasteiger partial charge in [0.05, 0.1) is 26.4 Å². The maximum Gasteiger partial charge on any atom is 0.104 e. The van der Waals surface area contributed by atoms with Gasteiger partial charge in [-0.1, -0.05) is 301 Å². The smallest absolute Gasteiger partial charge is 0.104 e. The van der Waals surface area contributed by atoms with Gasteiger partial charge in [0.15, 0.2) is 0 Å². The quantitative estimate of drug-likeness (QED) is 0.0603. The third-order valence-corrected chi connectivity index (χ3v) is 20.2. The van der Waals surface area contributed by atoms with Gasteiger partial charge < -0.3 is 38.3 Å². The Morgan fingerprint density at radius 1 is 0.281 bits per heavy atom. The van der Waals surface area contributed by atoms with Crippen molar-refractivity contribution in [1.82, 2.24) is 0 Å². The third-order valence-electron chi connectivity index (χ3n) is 20.2. The number of aliphatic hydroxyl groups is 1. The van der Waals surface area contributed by atoms with Crippen LogP contribution in [0.2, 0.25) is 0 Å². The number of aliphatic hydroxyl groups excluding tert-OH is 1. The third kappa shape index (κ3) is 61.1. The van der Waals surface area contributed by atoms with Crippen LogP contribution < -0.4 is 0 Å². The summed E-state index contributed by atoms with van der Waals surface area (Å²) in [6, 6.07) is 0. The summed E-state index contributed by atoms with van der Waals surface area (Å²) in [7, 11) is 0. The molecule has 0 saturated heterocycles. The fourth-order valence-electron chi connectivity index (χ4n) is 13.6. The van der Waals surface area contributed by atoms with Crippen LogP contribution in [0.5, 0.6) is 0 Å². The van der Waals surface area contributed by atoms with E-state index in [9.17, 15) is 5.11 Å². The summed E-state index contributed by atoms with van der Waals surface area (Å²) in [4.78, 5) is 0. The van der Waals surface area contributed by atoms with E-state index in [1.807, 2.05) is 0 Å². The number of rotatable bonds is 72. The highest BCUT2D eigenvalue weighted by Gasteiger charge is 2.25. The van der Waals surface area contributed by atoms with Crippen LogP contribution in [-0.2, 0) is 33.2 Å². The lowest BCUT2D eigenvalue weighted by atomic mass is 9.91. The van der Waals surface area contributed by atoms with Crippen LogP contribution >= 0.6 is 0 Å². The predicted molar refractivity (Wildman–Crippen MR) is 386 cm³/mol. The van der Waals surface area contributed by atoms with Crippen molar-refractivity contribution in [3.63, 3.8) is 0 Å². The standard InChI is InChI=1S/C81H162O8/c1-12-13-56-85-68-81(89-62-55-77(11)51-39-49-75(9)47-37-45-73(7)43-35-41-71(4)5)69-87-60-33-29-25-21-17-15-19-23-27-31-58-84-66-79-53-52-78(63-79)65-83-57-30-26-22-18-14-16-20-24-28-32-59-86-67-80(64-82)88-61-54-76(10)50-38-48-74(8)46-36-44-72(6)42-34-40-70(2)3/h70-82H,12-69H2,1-11H3/t72-,73-,74-,75-,76?,77?,78-,79+,80-,81-/m1/s1. The molecule has 8 nitrogen and oxygen atoms in total. The Bertz CT molecular complexity index is 1380. The molecule has 0 bridgehead atoms. The minimum absolute atomic E-state index is 0.0429. The average Bonchev–Trinajstić information content (AvgIpc) is 4.06. The largest absolute Gasteiger partial charge is 0.394 e. The van der Waals surface area contributed by atoms with E-state index in [4.69, 9.17) is 33.2 Å². The topological polar surface area (TPSA) is 84.8 Å². The molecule has 1 saturated carbocycles. The summed E-state index contributed by atoms with van der Waals surface area (Å²) < 4.78 is 42.8. The fraction of sp³-hybridized carbons (Fsp3) is 1.00. The van der Waals surface area contributed by atoms with Crippen LogP contribution in [0, 0.1) is 59.2 Å². The molecule has 1 rings (SSSR count). The molecule has 0 aromatic heterocycles. The van der Waals surface area contributed by atoms with E-state index in [0.29, 0.717) is 31.7 Å². The molecule has 534 valence electrons. The summed E-state index contributed by atoms with van der Waals surface area (Å²) >= 11 is 0. The number of hydrogen-bond donors (Lipinski definition) is 1. The zero-order chi connectivity index (χ0) is 64.9. The summed E-state index contributed by atoms with van der Waals surface area (Å²) in [5.74, 6) is 8.02. The molecule has 1 aliphatic rings. The van der Waals surface area contributed by atoms with Crippen molar-refractivity contribution in [2.24, 2.45) is 59.2 Å². The van der Waals surface area contributed by atoms with Gasteiger partial charge in [-0.25, -0.2) is 0 Å². The molecule has 0 aliphatic heterocycles. The van der Waals surface area contributed by atoms with Gasteiger partial charge in [-0.2, -0.15) is 0 Å². The van der Waals surface area contributed by atoms with Crippen LogP contribution in [0.1, 0.15) is 365 Å². The first-order valence-corrected chi connectivity index (χ1v) is 40.0. The first-order chi connectivity index (χ1) is 43.3. The lowest BCUT2D eigenvalue weighted by Gasteiger charge is -2.20. The van der Waals surface area contributed by atoms with Crippen molar-refractivity contribution in [3.8, 4) is 0 Å². The van der Waals surface area contributed by atoms with Gasteiger partial charge in [0.1, 0.15) is 12.2 Å². The van der Waals surface area contributed by atoms with E-state index < -0.39 is 0 Å². The molecule has 8 heteroatoms. The minimum atomic E-state index is -0.192. The second kappa shape index (κ2) is 65.0. The molecule has 1 N–H and O–H groups in total. The lowest BCUT2D eigenvalue weighted by molar-refractivity contribution is -0.0632. The van der Waals surface area contributed by atoms with Crippen LogP contribution in [0.4, 0.5) is 0 Å². The highest BCUT2D eigenvalue weighted by Crippen LogP contribution is 2.32. The van der Waals surface area contributed by atoms with Gasteiger partial charge in [-0.05, 0) is 123 Å². The van der Waals surface area contributed by atoms with Gasteiger partial charge in [0.25, 0.3) is 0 Å². The molecule has 0 aromatic rings. The average molecular weight is 1260 g/mol. The summed E-state index contributed by atoms with van der Waals surface area (Å²) in [6.07, 6.45) is 59.0. The molecule has 89 heavy (non-hydrogen) atoms. The first kappa shape index (κ1) is 86.7. The van der Waals surface area contributed by atoms with Crippen molar-refractivity contribution in [1.29, 1.82) is 0 Å². The Labute approximate surface area is 558 Å². The molecule has 1 fully saturated rings. The van der Waals surface area contributed by atoms with E-state index in [0.717, 1.165) is 145 Å². The van der Waals surface area contributed by atoms with E-state index >= 15 is 0 Å². The molecular weight excluding hydrogens is 1100 g/mol. The fourth-order valence-corrected chi connectivity index (χ4v) is 13.6. The lowest BCUT2D eigenvalue weighted by Crippen LogP contribution is -2.27. The monoisotopic (exact) mass is 1260 g/mol. The summed E-state index contributed by atoms with van der Waals surface area (Å²) in [5, 5.41) is 9.84. The molecule has 0 heterocycles. The minimum Gasteiger partial charge on any atom is -0.394 e. The SMILES string of the molecule is CCCCOC[C@H](COCCCCCCCCCCCCOC[C@H]1CC[C@@H](COCCCCCCCCCCCCOC[C@@H](CO)OCCC(C)CCC[C@H](C)CCC[C@H](C)CCCC(C)C)C1)OCCC(C)CCC[C@H](C)CCC[C@H](C)CCCC(C)C. The van der Waals surface area contributed by atoms with Crippen LogP contribution in [-0.4, -0.2) is 103 Å². The predicted octanol–water partition coefficient (Wildman–Crippen LogP) is 23.8. The van der Waals surface area contributed by atoms with Gasteiger partial charge >= 0.3 is 0 Å². The molecule has 10 atom stereocenters. The van der Waals surface area contributed by atoms with E-state index in [1.54, 1.807) is 0 Å². The molecule has 2 unspecified atom stereocenters. The number of unbranched alkanes of at least 4 members (excludes halogenated alkanes) is 19. The Morgan fingerprint density at radius 2 is 0.539 bits per heavy atom. The van der Waals surface area contributed by atoms with Crippen molar-refractivity contribution in [3.05, 3.63) is 0 Å². The van der Waals surface area contributed by atoms with Crippen LogP contribution in [0.3, 0.4) is 0 Å². The molecule has 1 aliphatic carbocycles. The Kier molecular flexibility index (Phi) is 63.3. The molecular formula is C81H162O8. The summed E-state index contributed by atoms with van der Waals surface area (Å²) in [5.41, 5.74) is 0. The second-order valence-electron chi connectivity index (χ2n) is 31.1. The Hall–Kier alpha value is -0.320. The second-order valence-corrected chi connectivity index (χ2v) is 31.1. The van der Waals surface area contributed by atoms with Crippen molar-refractivity contribution in [2.75, 3.05) is 85.9 Å². The van der Waals surface area contributed by atoms with Crippen molar-refractivity contribution < 1.29 is 38.3 Å². The molecule has 0 amide bonds. The summed E-state index contributed by atoms with van der Waals surface area (Å²) in [6.45, 7) is 35.8.